The van der Waals surface area contributed by atoms with Gasteiger partial charge in [0.15, 0.2) is 11.5 Å². The second-order valence-electron chi connectivity index (χ2n) is 3.73. The van der Waals surface area contributed by atoms with Gasteiger partial charge in [0.05, 0.1) is 30.9 Å². The van der Waals surface area contributed by atoms with Gasteiger partial charge >= 0.3 is 0 Å². The molecule has 0 fully saturated rings. The molecule has 0 aliphatic carbocycles. The highest BCUT2D eigenvalue weighted by Crippen LogP contribution is 2.32. The highest BCUT2D eigenvalue weighted by Gasteiger charge is 2.16. The number of carbonyl (C=O) groups excluding carboxylic acids is 1. The van der Waals surface area contributed by atoms with Crippen molar-refractivity contribution in [2.75, 3.05) is 13.7 Å². The predicted molar refractivity (Wildman–Crippen MR) is 66.6 cm³/mol. The minimum atomic E-state index is -0.649. The summed E-state index contributed by atoms with van der Waals surface area (Å²) < 4.78 is 10.7. The topological polar surface area (TPSA) is 85.3 Å². The number of hydrogen-bond acceptors (Lipinski definition) is 4. The van der Waals surface area contributed by atoms with E-state index in [1.807, 2.05) is 13.0 Å². The van der Waals surface area contributed by atoms with Gasteiger partial charge in [0.1, 0.15) is 0 Å². The van der Waals surface area contributed by atoms with E-state index >= 15 is 0 Å². The molecule has 1 aromatic carbocycles. The highest BCUT2D eigenvalue weighted by molar-refractivity contribution is 5.97. The van der Waals surface area contributed by atoms with Crippen LogP contribution in [0.1, 0.15) is 35.7 Å². The van der Waals surface area contributed by atoms with E-state index in [-0.39, 0.29) is 11.3 Å². The van der Waals surface area contributed by atoms with Gasteiger partial charge in [0, 0.05) is 6.07 Å². The van der Waals surface area contributed by atoms with Crippen molar-refractivity contribution in [1.29, 1.82) is 5.26 Å². The maximum absolute atomic E-state index is 11.3. The highest BCUT2D eigenvalue weighted by atomic mass is 16.5. The number of nitrogens with two attached hydrogens (primary N) is 1. The average Bonchev–Trinajstić information content (AvgIpc) is 2.37. The van der Waals surface area contributed by atoms with Crippen LogP contribution in [0.5, 0.6) is 11.5 Å². The van der Waals surface area contributed by atoms with Gasteiger partial charge in [0.25, 0.3) is 5.91 Å². The Labute approximate surface area is 106 Å². The third-order valence-electron chi connectivity index (χ3n) is 2.41. The SMILES string of the molecule is CCCCOc1cc(C#N)cc(C(N)=O)c1OC. The summed E-state index contributed by atoms with van der Waals surface area (Å²) >= 11 is 0. The largest absolute Gasteiger partial charge is 0.492 e. The molecule has 18 heavy (non-hydrogen) atoms. The van der Waals surface area contributed by atoms with Gasteiger partial charge in [-0.3, -0.25) is 4.79 Å². The fourth-order valence-electron chi connectivity index (χ4n) is 1.49. The summed E-state index contributed by atoms with van der Waals surface area (Å²) in [6.45, 7) is 2.54. The molecule has 0 unspecified atom stereocenters. The maximum atomic E-state index is 11.3. The molecule has 5 heteroatoms. The Kier molecular flexibility index (Phi) is 5.00. The smallest absolute Gasteiger partial charge is 0.252 e. The molecule has 0 aliphatic heterocycles. The van der Waals surface area contributed by atoms with Crippen molar-refractivity contribution in [2.45, 2.75) is 19.8 Å². The first-order valence-corrected chi connectivity index (χ1v) is 5.68. The number of carbonyl (C=O) groups is 1. The molecule has 0 heterocycles. The lowest BCUT2D eigenvalue weighted by atomic mass is 10.1. The quantitative estimate of drug-likeness (QED) is 0.778. The third-order valence-corrected chi connectivity index (χ3v) is 2.41. The van der Waals surface area contributed by atoms with Crippen LogP contribution in [0.4, 0.5) is 0 Å². The first-order valence-electron chi connectivity index (χ1n) is 5.68. The lowest BCUT2D eigenvalue weighted by molar-refractivity contribution is 0.0996. The van der Waals surface area contributed by atoms with E-state index in [4.69, 9.17) is 20.5 Å². The van der Waals surface area contributed by atoms with Crippen LogP contribution >= 0.6 is 0 Å². The van der Waals surface area contributed by atoms with Crippen LogP contribution in [-0.2, 0) is 0 Å². The number of benzene rings is 1. The number of ether oxygens (including phenoxy) is 2. The molecule has 1 amide bonds. The molecule has 0 saturated heterocycles. The van der Waals surface area contributed by atoms with E-state index < -0.39 is 5.91 Å². The Balaban J connectivity index is 3.17. The van der Waals surface area contributed by atoms with E-state index in [9.17, 15) is 4.79 Å². The number of nitrogens with zero attached hydrogens (tertiary/aromatic N) is 1. The molecule has 0 aliphatic rings. The van der Waals surface area contributed by atoms with Crippen molar-refractivity contribution < 1.29 is 14.3 Å². The average molecular weight is 248 g/mol. The van der Waals surface area contributed by atoms with Crippen LogP contribution in [0.25, 0.3) is 0 Å². The summed E-state index contributed by atoms with van der Waals surface area (Å²) in [6.07, 6.45) is 1.87. The van der Waals surface area contributed by atoms with Crippen molar-refractivity contribution in [2.24, 2.45) is 5.73 Å². The second kappa shape index (κ2) is 6.50. The molecule has 0 bridgehead atoms. The van der Waals surface area contributed by atoms with E-state index in [1.54, 1.807) is 6.07 Å². The summed E-state index contributed by atoms with van der Waals surface area (Å²) in [4.78, 5) is 11.3. The van der Waals surface area contributed by atoms with Crippen LogP contribution in [0, 0.1) is 11.3 Å². The Morgan fingerprint density at radius 3 is 2.72 bits per heavy atom. The lowest BCUT2D eigenvalue weighted by Crippen LogP contribution is -2.14. The van der Waals surface area contributed by atoms with Crippen LogP contribution in [0.3, 0.4) is 0 Å². The Bertz CT molecular complexity index is 478. The van der Waals surface area contributed by atoms with Gasteiger partial charge in [-0.05, 0) is 12.5 Å². The molecule has 0 spiro atoms. The van der Waals surface area contributed by atoms with Crippen molar-refractivity contribution in [1.82, 2.24) is 0 Å². The zero-order chi connectivity index (χ0) is 13.5. The van der Waals surface area contributed by atoms with Crippen LogP contribution in [-0.4, -0.2) is 19.6 Å². The molecule has 0 atom stereocenters. The summed E-state index contributed by atoms with van der Waals surface area (Å²) in [5.74, 6) is 0.000643. The summed E-state index contributed by atoms with van der Waals surface area (Å²) in [7, 11) is 1.43. The molecule has 0 saturated carbocycles. The van der Waals surface area contributed by atoms with E-state index in [2.05, 4.69) is 0 Å². The molecular formula is C13H16N2O3. The normalized spacial score (nSPS) is 9.61. The second-order valence-corrected chi connectivity index (χ2v) is 3.73. The predicted octanol–water partition coefficient (Wildman–Crippen LogP) is 1.84. The van der Waals surface area contributed by atoms with Crippen LogP contribution in [0.2, 0.25) is 0 Å². The molecule has 0 aromatic heterocycles. The Morgan fingerprint density at radius 2 is 2.22 bits per heavy atom. The maximum Gasteiger partial charge on any atom is 0.252 e. The van der Waals surface area contributed by atoms with E-state index in [0.717, 1.165) is 12.8 Å². The molecule has 1 rings (SSSR count). The first-order chi connectivity index (χ1) is 8.63. The van der Waals surface area contributed by atoms with Gasteiger partial charge in [0.2, 0.25) is 0 Å². The molecule has 1 aromatic rings. The number of amides is 1. The number of rotatable bonds is 6. The molecule has 96 valence electrons. The van der Waals surface area contributed by atoms with Gasteiger partial charge in [-0.25, -0.2) is 0 Å². The van der Waals surface area contributed by atoms with E-state index in [0.29, 0.717) is 17.9 Å². The number of primary amides is 1. The van der Waals surface area contributed by atoms with Crippen LogP contribution < -0.4 is 15.2 Å². The zero-order valence-corrected chi connectivity index (χ0v) is 10.5. The first kappa shape index (κ1) is 13.8. The van der Waals surface area contributed by atoms with Gasteiger partial charge in [-0.2, -0.15) is 5.26 Å². The monoisotopic (exact) mass is 248 g/mol. The fraction of sp³-hybridized carbons (Fsp3) is 0.385. The Hall–Kier alpha value is -2.22. The van der Waals surface area contributed by atoms with Crippen molar-refractivity contribution in [3.8, 4) is 17.6 Å². The molecule has 0 radical (unpaired) electrons. The van der Waals surface area contributed by atoms with Gasteiger partial charge in [-0.1, -0.05) is 13.3 Å². The minimum absolute atomic E-state index is 0.156. The molecular weight excluding hydrogens is 232 g/mol. The number of hydrogen-bond donors (Lipinski definition) is 1. The Morgan fingerprint density at radius 1 is 1.50 bits per heavy atom. The molecule has 5 nitrogen and oxygen atoms in total. The standard InChI is InChI=1S/C13H16N2O3/c1-3-4-5-18-11-7-9(8-14)6-10(13(15)16)12(11)17-2/h6-7H,3-5H2,1-2H3,(H2,15,16). The molecule has 2 N–H and O–H groups in total. The lowest BCUT2D eigenvalue weighted by Gasteiger charge is -2.13. The summed E-state index contributed by atoms with van der Waals surface area (Å²) in [6, 6.07) is 4.90. The van der Waals surface area contributed by atoms with Crippen molar-refractivity contribution in [3.63, 3.8) is 0 Å². The number of nitriles is 1. The van der Waals surface area contributed by atoms with Gasteiger partial charge < -0.3 is 15.2 Å². The zero-order valence-electron chi connectivity index (χ0n) is 10.5. The minimum Gasteiger partial charge on any atom is -0.492 e. The summed E-state index contributed by atoms with van der Waals surface area (Å²) in [5.41, 5.74) is 5.72. The van der Waals surface area contributed by atoms with Crippen LogP contribution in [0.15, 0.2) is 12.1 Å². The number of methoxy groups -OCH3 is 1. The fourth-order valence-corrected chi connectivity index (χ4v) is 1.49. The third kappa shape index (κ3) is 3.14. The summed E-state index contributed by atoms with van der Waals surface area (Å²) in [5, 5.41) is 8.90. The van der Waals surface area contributed by atoms with Gasteiger partial charge in [-0.15, -0.1) is 0 Å². The van der Waals surface area contributed by atoms with E-state index in [1.165, 1.54) is 13.2 Å². The van der Waals surface area contributed by atoms with Crippen molar-refractivity contribution >= 4 is 5.91 Å². The van der Waals surface area contributed by atoms with Crippen molar-refractivity contribution in [3.05, 3.63) is 23.3 Å². The number of unbranched alkanes of at least 4 members (excludes halogenated alkanes) is 1.